The maximum absolute atomic E-state index is 13.3. The zero-order valence-corrected chi connectivity index (χ0v) is 18.1. The second-order valence-corrected chi connectivity index (χ2v) is 9.12. The lowest BCUT2D eigenvalue weighted by Gasteiger charge is -2.23. The zero-order chi connectivity index (χ0) is 21.6. The lowest BCUT2D eigenvalue weighted by atomic mass is 9.77. The van der Waals surface area contributed by atoms with E-state index in [2.05, 4.69) is 36.5 Å². The summed E-state index contributed by atoms with van der Waals surface area (Å²) < 4.78 is 6.20. The van der Waals surface area contributed by atoms with Crippen LogP contribution in [0.5, 0.6) is 0 Å². The van der Waals surface area contributed by atoms with Crippen LogP contribution in [0, 0.1) is 18.8 Å². The van der Waals surface area contributed by atoms with E-state index < -0.39 is 17.4 Å². The molecule has 3 aliphatic rings. The van der Waals surface area contributed by atoms with Gasteiger partial charge in [-0.15, -0.1) is 0 Å². The van der Waals surface area contributed by atoms with E-state index in [1.807, 2.05) is 36.4 Å². The molecule has 4 atom stereocenters. The van der Waals surface area contributed by atoms with Gasteiger partial charge < -0.3 is 15.0 Å². The third-order valence-electron chi connectivity index (χ3n) is 6.63. The molecule has 0 saturated carbocycles. The van der Waals surface area contributed by atoms with Crippen molar-refractivity contribution in [2.45, 2.75) is 31.6 Å². The van der Waals surface area contributed by atoms with Crippen molar-refractivity contribution < 1.29 is 14.3 Å². The third kappa shape index (κ3) is 3.56. The molecule has 160 valence electrons. The fourth-order valence-corrected chi connectivity index (χ4v) is 5.24. The van der Waals surface area contributed by atoms with Gasteiger partial charge in [0.05, 0.1) is 24.5 Å². The smallest absolute Gasteiger partial charge is 0.230 e. The summed E-state index contributed by atoms with van der Waals surface area (Å²) in [4.78, 5) is 28.2. The molecule has 2 saturated heterocycles. The zero-order valence-electron chi connectivity index (χ0n) is 17.4. The topological polar surface area (TPSA) is 58.6 Å². The van der Waals surface area contributed by atoms with Crippen molar-refractivity contribution in [1.82, 2.24) is 10.2 Å². The molecular weight excluding hydrogens is 412 g/mol. The van der Waals surface area contributed by atoms with Crippen molar-refractivity contribution in [3.63, 3.8) is 0 Å². The molecule has 0 radical (unpaired) electrons. The van der Waals surface area contributed by atoms with Gasteiger partial charge in [0.25, 0.3) is 0 Å². The van der Waals surface area contributed by atoms with E-state index in [1.54, 1.807) is 4.90 Å². The van der Waals surface area contributed by atoms with Gasteiger partial charge in [-0.2, -0.15) is 0 Å². The molecule has 2 amide bonds. The highest BCUT2D eigenvalue weighted by Gasteiger charge is 2.66. The minimum atomic E-state index is -0.706. The van der Waals surface area contributed by atoms with Gasteiger partial charge in [0.15, 0.2) is 0 Å². The predicted molar refractivity (Wildman–Crippen MR) is 118 cm³/mol. The van der Waals surface area contributed by atoms with Gasteiger partial charge in [-0.05, 0) is 30.5 Å². The van der Waals surface area contributed by atoms with Crippen LogP contribution >= 0.6 is 11.6 Å². The van der Waals surface area contributed by atoms with Crippen LogP contribution in [0.4, 0.5) is 0 Å². The van der Waals surface area contributed by atoms with E-state index in [0.717, 1.165) is 12.0 Å². The number of carbonyl (C=O) groups is 2. The Morgan fingerprint density at radius 1 is 1.23 bits per heavy atom. The molecule has 3 aliphatic heterocycles. The molecular formula is C25H25ClN2O3. The lowest BCUT2D eigenvalue weighted by Crippen LogP contribution is -2.44. The van der Waals surface area contributed by atoms with Gasteiger partial charge in [0.1, 0.15) is 5.60 Å². The average molecular weight is 437 g/mol. The van der Waals surface area contributed by atoms with Crippen LogP contribution in [0.2, 0.25) is 5.02 Å². The minimum absolute atomic E-state index is 0.0366. The van der Waals surface area contributed by atoms with Gasteiger partial charge in [-0.25, -0.2) is 0 Å². The predicted octanol–water partition coefficient (Wildman–Crippen LogP) is 3.29. The summed E-state index contributed by atoms with van der Waals surface area (Å²) in [5.74, 6) is -1.12. The molecule has 5 nitrogen and oxygen atoms in total. The van der Waals surface area contributed by atoms with Crippen LogP contribution in [0.15, 0.2) is 60.7 Å². The molecule has 2 fully saturated rings. The summed E-state index contributed by atoms with van der Waals surface area (Å²) in [5.41, 5.74) is 2.58. The number of amides is 2. The first kappa shape index (κ1) is 20.3. The van der Waals surface area contributed by atoms with Crippen molar-refractivity contribution in [3.05, 3.63) is 82.4 Å². The Kier molecular flexibility index (Phi) is 5.11. The number of hydrogen-bond donors (Lipinski definition) is 1. The Labute approximate surface area is 187 Å². The summed E-state index contributed by atoms with van der Waals surface area (Å²) in [6, 6.07) is 15.8. The van der Waals surface area contributed by atoms with Crippen LogP contribution in [-0.2, 0) is 27.3 Å². The number of fused-ring (bicyclic) bond motifs is 1. The SMILES string of the molecule is Cc1ccc(CCNC(=O)[C@H]2[C@H]3C=C[C@@]4(CN(Cc5ccccc5Cl)C(=O)[C@@H]24)O3)cc1. The quantitative estimate of drug-likeness (QED) is 0.707. The van der Waals surface area contributed by atoms with Gasteiger partial charge in [-0.3, -0.25) is 9.59 Å². The Morgan fingerprint density at radius 2 is 2.00 bits per heavy atom. The normalized spacial score (nSPS) is 28.3. The van der Waals surface area contributed by atoms with Crippen LogP contribution in [0.1, 0.15) is 16.7 Å². The highest BCUT2D eigenvalue weighted by Crippen LogP contribution is 2.52. The third-order valence-corrected chi connectivity index (χ3v) is 7.00. The Balaban J connectivity index is 1.27. The van der Waals surface area contributed by atoms with Crippen molar-refractivity contribution in [1.29, 1.82) is 0 Å². The van der Waals surface area contributed by atoms with Crippen LogP contribution in [-0.4, -0.2) is 41.5 Å². The van der Waals surface area contributed by atoms with Crippen LogP contribution in [0.25, 0.3) is 0 Å². The van der Waals surface area contributed by atoms with E-state index in [-0.39, 0.29) is 17.9 Å². The molecule has 31 heavy (non-hydrogen) atoms. The van der Waals surface area contributed by atoms with E-state index in [9.17, 15) is 9.59 Å². The molecule has 0 aliphatic carbocycles. The number of likely N-dealkylation sites (tertiary alicyclic amines) is 1. The largest absolute Gasteiger partial charge is 0.360 e. The summed E-state index contributed by atoms with van der Waals surface area (Å²) >= 11 is 6.30. The fourth-order valence-electron chi connectivity index (χ4n) is 5.05. The number of rotatable bonds is 6. The molecule has 2 aromatic carbocycles. The van der Waals surface area contributed by atoms with E-state index in [4.69, 9.17) is 16.3 Å². The standard InChI is InChI=1S/C25H25ClN2O3/c1-16-6-8-17(9-7-16)11-13-27-23(29)21-20-10-12-25(31-20)15-28(24(30)22(21)25)14-18-4-2-3-5-19(18)26/h2-10,12,20-22H,11,13-15H2,1H3,(H,27,29)/t20-,21+,22-,25+/m1/s1. The summed E-state index contributed by atoms with van der Waals surface area (Å²) in [5, 5.41) is 3.67. The molecule has 6 heteroatoms. The number of carbonyl (C=O) groups excluding carboxylic acids is 2. The van der Waals surface area contributed by atoms with E-state index in [1.165, 1.54) is 11.1 Å². The van der Waals surface area contributed by atoms with Crippen molar-refractivity contribution >= 4 is 23.4 Å². The molecule has 3 heterocycles. The molecule has 1 spiro atoms. The first-order valence-electron chi connectivity index (χ1n) is 10.7. The lowest BCUT2D eigenvalue weighted by molar-refractivity contribution is -0.137. The number of nitrogens with zero attached hydrogens (tertiary/aromatic N) is 1. The molecule has 2 aromatic rings. The number of nitrogens with one attached hydrogen (secondary N) is 1. The highest BCUT2D eigenvalue weighted by atomic mass is 35.5. The number of hydrogen-bond acceptors (Lipinski definition) is 3. The number of aryl methyl sites for hydroxylation is 1. The first-order valence-corrected chi connectivity index (χ1v) is 11.1. The second-order valence-electron chi connectivity index (χ2n) is 8.71. The molecule has 0 unspecified atom stereocenters. The summed E-state index contributed by atoms with van der Waals surface area (Å²) in [7, 11) is 0. The van der Waals surface area contributed by atoms with E-state index in [0.29, 0.717) is 24.7 Å². The maximum atomic E-state index is 13.3. The molecule has 0 aromatic heterocycles. The number of halogens is 1. The van der Waals surface area contributed by atoms with E-state index >= 15 is 0 Å². The van der Waals surface area contributed by atoms with Crippen LogP contribution in [0.3, 0.4) is 0 Å². The number of benzene rings is 2. The first-order chi connectivity index (χ1) is 15.0. The maximum Gasteiger partial charge on any atom is 0.230 e. The number of ether oxygens (including phenoxy) is 1. The van der Waals surface area contributed by atoms with Crippen molar-refractivity contribution in [2.24, 2.45) is 11.8 Å². The average Bonchev–Trinajstić information content (AvgIpc) is 3.39. The fraction of sp³-hybridized carbons (Fsp3) is 0.360. The van der Waals surface area contributed by atoms with Crippen LogP contribution < -0.4 is 5.32 Å². The van der Waals surface area contributed by atoms with Crippen molar-refractivity contribution in [2.75, 3.05) is 13.1 Å². The Bertz CT molecular complexity index is 1050. The summed E-state index contributed by atoms with van der Waals surface area (Å²) in [6.45, 7) is 3.45. The molecule has 5 rings (SSSR count). The summed E-state index contributed by atoms with van der Waals surface area (Å²) in [6.07, 6.45) is 4.33. The minimum Gasteiger partial charge on any atom is -0.360 e. The van der Waals surface area contributed by atoms with Crippen molar-refractivity contribution in [3.8, 4) is 0 Å². The van der Waals surface area contributed by atoms with Gasteiger partial charge in [-0.1, -0.05) is 71.8 Å². The Morgan fingerprint density at radius 3 is 2.77 bits per heavy atom. The van der Waals surface area contributed by atoms with Gasteiger partial charge in [0.2, 0.25) is 11.8 Å². The second kappa shape index (κ2) is 7.81. The monoisotopic (exact) mass is 436 g/mol. The van der Waals surface area contributed by atoms with Gasteiger partial charge >= 0.3 is 0 Å². The molecule has 2 bridgehead atoms. The Hall–Kier alpha value is -2.63. The van der Waals surface area contributed by atoms with Gasteiger partial charge in [0, 0.05) is 18.1 Å². The molecule has 1 N–H and O–H groups in total. The highest BCUT2D eigenvalue weighted by molar-refractivity contribution is 6.31.